The van der Waals surface area contributed by atoms with Crippen LogP contribution in [-0.4, -0.2) is 39.6 Å². The van der Waals surface area contributed by atoms with Gasteiger partial charge in [0.15, 0.2) is 11.0 Å². The summed E-state index contributed by atoms with van der Waals surface area (Å²) < 4.78 is 7.41. The second-order valence-electron chi connectivity index (χ2n) is 5.85. The molecule has 0 radical (unpaired) electrons. The SMILES string of the molecule is C#CCNC(=O)CSc1nnc(-c2cccc(Cl)c2)n1-c1ccc(OCC)cc1. The molecule has 0 atom stereocenters. The zero-order valence-corrected chi connectivity index (χ0v) is 17.3. The fourth-order valence-electron chi connectivity index (χ4n) is 2.60. The van der Waals surface area contributed by atoms with E-state index in [1.54, 1.807) is 6.07 Å². The number of halogens is 1. The van der Waals surface area contributed by atoms with E-state index < -0.39 is 0 Å². The molecule has 0 saturated carbocycles. The van der Waals surface area contributed by atoms with E-state index in [1.165, 1.54) is 11.8 Å². The highest BCUT2D eigenvalue weighted by atomic mass is 35.5. The Kier molecular flexibility index (Phi) is 7.17. The predicted octanol–water partition coefficient (Wildman–Crippen LogP) is 3.83. The number of thioether (sulfide) groups is 1. The fourth-order valence-corrected chi connectivity index (χ4v) is 3.57. The first-order chi connectivity index (χ1) is 14.1. The zero-order valence-electron chi connectivity index (χ0n) is 15.8. The van der Waals surface area contributed by atoms with Gasteiger partial charge >= 0.3 is 0 Å². The van der Waals surface area contributed by atoms with Crippen LogP contribution >= 0.6 is 23.4 Å². The van der Waals surface area contributed by atoms with Crippen LogP contribution in [0.3, 0.4) is 0 Å². The lowest BCUT2D eigenvalue weighted by Gasteiger charge is -2.11. The van der Waals surface area contributed by atoms with Crippen molar-refractivity contribution < 1.29 is 9.53 Å². The minimum Gasteiger partial charge on any atom is -0.494 e. The van der Waals surface area contributed by atoms with Crippen molar-refractivity contribution in [3.63, 3.8) is 0 Å². The van der Waals surface area contributed by atoms with Crippen molar-refractivity contribution in [3.8, 4) is 35.2 Å². The number of ether oxygens (including phenoxy) is 1. The van der Waals surface area contributed by atoms with Crippen LogP contribution in [0.4, 0.5) is 0 Å². The average molecular weight is 427 g/mol. The van der Waals surface area contributed by atoms with Crippen molar-refractivity contribution in [3.05, 3.63) is 53.6 Å². The highest BCUT2D eigenvalue weighted by Gasteiger charge is 2.17. The normalized spacial score (nSPS) is 10.4. The van der Waals surface area contributed by atoms with E-state index in [4.69, 9.17) is 22.8 Å². The molecule has 0 aliphatic heterocycles. The minimum atomic E-state index is -0.168. The van der Waals surface area contributed by atoms with Gasteiger partial charge in [-0.25, -0.2) is 0 Å². The van der Waals surface area contributed by atoms with Crippen LogP contribution < -0.4 is 10.1 Å². The Morgan fingerprint density at radius 3 is 2.76 bits per heavy atom. The van der Waals surface area contributed by atoms with Crippen LogP contribution in [-0.2, 0) is 4.79 Å². The molecule has 0 unspecified atom stereocenters. The second kappa shape index (κ2) is 10.0. The molecule has 0 saturated heterocycles. The number of rotatable bonds is 8. The third-order valence-corrected chi connectivity index (χ3v) is 5.01. The molecule has 0 bridgehead atoms. The lowest BCUT2D eigenvalue weighted by Crippen LogP contribution is -2.25. The molecule has 0 aliphatic rings. The summed E-state index contributed by atoms with van der Waals surface area (Å²) in [6.45, 7) is 2.72. The maximum Gasteiger partial charge on any atom is 0.231 e. The van der Waals surface area contributed by atoms with Crippen molar-refractivity contribution in [2.75, 3.05) is 18.9 Å². The molecular weight excluding hydrogens is 408 g/mol. The first-order valence-corrected chi connectivity index (χ1v) is 10.3. The van der Waals surface area contributed by atoms with Gasteiger partial charge in [0.1, 0.15) is 5.75 Å². The Hall–Kier alpha value is -2.95. The van der Waals surface area contributed by atoms with Gasteiger partial charge in [0.25, 0.3) is 0 Å². The van der Waals surface area contributed by atoms with E-state index >= 15 is 0 Å². The van der Waals surface area contributed by atoms with Gasteiger partial charge in [0, 0.05) is 16.3 Å². The second-order valence-corrected chi connectivity index (χ2v) is 7.23. The zero-order chi connectivity index (χ0) is 20.6. The summed E-state index contributed by atoms with van der Waals surface area (Å²) in [5, 5.41) is 12.5. The Labute approximate surface area is 178 Å². The van der Waals surface area contributed by atoms with Crippen LogP contribution in [0.2, 0.25) is 5.02 Å². The van der Waals surface area contributed by atoms with E-state index in [0.29, 0.717) is 22.6 Å². The van der Waals surface area contributed by atoms with Gasteiger partial charge < -0.3 is 10.1 Å². The molecule has 0 aliphatic carbocycles. The van der Waals surface area contributed by atoms with Crippen molar-refractivity contribution in [1.29, 1.82) is 0 Å². The number of hydrogen-bond acceptors (Lipinski definition) is 5. The summed E-state index contributed by atoms with van der Waals surface area (Å²) >= 11 is 7.44. The molecule has 2 aromatic carbocycles. The number of nitrogens with one attached hydrogen (secondary N) is 1. The van der Waals surface area contributed by atoms with E-state index in [0.717, 1.165) is 17.0 Å². The number of hydrogen-bond donors (Lipinski definition) is 1. The summed E-state index contributed by atoms with van der Waals surface area (Å²) in [5.41, 5.74) is 1.67. The summed E-state index contributed by atoms with van der Waals surface area (Å²) in [5.74, 6) is 3.79. The lowest BCUT2D eigenvalue weighted by atomic mass is 10.2. The summed E-state index contributed by atoms with van der Waals surface area (Å²) in [6, 6.07) is 15.0. The van der Waals surface area contributed by atoms with Crippen molar-refractivity contribution in [2.24, 2.45) is 0 Å². The van der Waals surface area contributed by atoms with Crippen LogP contribution in [0.15, 0.2) is 53.7 Å². The van der Waals surface area contributed by atoms with Gasteiger partial charge in [-0.2, -0.15) is 0 Å². The van der Waals surface area contributed by atoms with Crippen LogP contribution in [0.25, 0.3) is 17.1 Å². The average Bonchev–Trinajstić information content (AvgIpc) is 3.15. The molecule has 1 N–H and O–H groups in total. The van der Waals surface area contributed by atoms with Crippen LogP contribution in [0, 0.1) is 12.3 Å². The van der Waals surface area contributed by atoms with Gasteiger partial charge in [-0.15, -0.1) is 16.6 Å². The van der Waals surface area contributed by atoms with E-state index in [9.17, 15) is 4.79 Å². The van der Waals surface area contributed by atoms with Crippen LogP contribution in [0.1, 0.15) is 6.92 Å². The molecular formula is C21H19ClN4O2S. The molecule has 148 valence electrons. The Morgan fingerprint density at radius 2 is 2.07 bits per heavy atom. The van der Waals surface area contributed by atoms with Gasteiger partial charge in [0.05, 0.1) is 18.9 Å². The number of benzene rings is 2. The highest BCUT2D eigenvalue weighted by Crippen LogP contribution is 2.30. The summed E-state index contributed by atoms with van der Waals surface area (Å²) in [7, 11) is 0. The van der Waals surface area contributed by atoms with Crippen molar-refractivity contribution >= 4 is 29.3 Å². The van der Waals surface area contributed by atoms with Gasteiger partial charge in [-0.05, 0) is 43.3 Å². The Bertz CT molecular complexity index is 1030. The first kappa shape index (κ1) is 20.8. The monoisotopic (exact) mass is 426 g/mol. The maximum atomic E-state index is 11.9. The molecule has 3 aromatic rings. The van der Waals surface area contributed by atoms with Crippen molar-refractivity contribution in [2.45, 2.75) is 12.1 Å². The molecule has 8 heteroatoms. The van der Waals surface area contributed by atoms with E-state index in [-0.39, 0.29) is 18.2 Å². The standard InChI is InChI=1S/C21H19ClN4O2S/c1-3-12-23-19(27)14-29-21-25-24-20(15-6-5-7-16(22)13-15)26(21)17-8-10-18(11-9-17)28-4-2/h1,5-11,13H,4,12,14H2,2H3,(H,23,27). The Morgan fingerprint density at radius 1 is 1.28 bits per heavy atom. The Balaban J connectivity index is 1.96. The first-order valence-electron chi connectivity index (χ1n) is 8.90. The molecule has 29 heavy (non-hydrogen) atoms. The fraction of sp³-hybridized carbons (Fsp3) is 0.190. The predicted molar refractivity (Wildman–Crippen MR) is 116 cm³/mol. The van der Waals surface area contributed by atoms with Gasteiger partial charge in [-0.3, -0.25) is 9.36 Å². The third-order valence-electron chi connectivity index (χ3n) is 3.84. The van der Waals surface area contributed by atoms with Gasteiger partial charge in [0.2, 0.25) is 5.91 Å². The molecule has 3 rings (SSSR count). The number of carbonyl (C=O) groups is 1. The molecule has 1 heterocycles. The lowest BCUT2D eigenvalue weighted by molar-refractivity contribution is -0.118. The summed E-state index contributed by atoms with van der Waals surface area (Å²) in [4.78, 5) is 11.9. The molecule has 1 aromatic heterocycles. The number of amides is 1. The molecule has 1 amide bonds. The number of terminal acetylenes is 1. The number of nitrogens with zero attached hydrogens (tertiary/aromatic N) is 3. The molecule has 0 spiro atoms. The van der Waals surface area contributed by atoms with Gasteiger partial charge in [-0.1, -0.05) is 41.4 Å². The minimum absolute atomic E-state index is 0.168. The number of aromatic nitrogens is 3. The number of carbonyl (C=O) groups excluding carboxylic acids is 1. The largest absolute Gasteiger partial charge is 0.494 e. The topological polar surface area (TPSA) is 69.0 Å². The molecule has 0 fully saturated rings. The maximum absolute atomic E-state index is 11.9. The van der Waals surface area contributed by atoms with E-state index in [1.807, 2.05) is 54.0 Å². The third kappa shape index (κ3) is 5.31. The van der Waals surface area contributed by atoms with E-state index in [2.05, 4.69) is 21.4 Å². The summed E-state index contributed by atoms with van der Waals surface area (Å²) in [6.07, 6.45) is 5.18. The van der Waals surface area contributed by atoms with Crippen molar-refractivity contribution in [1.82, 2.24) is 20.1 Å². The quantitative estimate of drug-likeness (QED) is 0.438. The smallest absolute Gasteiger partial charge is 0.231 e. The highest BCUT2D eigenvalue weighted by molar-refractivity contribution is 7.99. The molecule has 6 nitrogen and oxygen atoms in total. The van der Waals surface area contributed by atoms with Crippen LogP contribution in [0.5, 0.6) is 5.75 Å².